The van der Waals surface area contributed by atoms with Crippen LogP contribution in [0.3, 0.4) is 0 Å². The zero-order valence-corrected chi connectivity index (χ0v) is 15.3. The van der Waals surface area contributed by atoms with Crippen LogP contribution < -0.4 is 5.32 Å². The summed E-state index contributed by atoms with van der Waals surface area (Å²) in [6.07, 6.45) is 3.58. The Morgan fingerprint density at radius 1 is 1.28 bits per heavy atom. The number of hydrogen-bond donors (Lipinski definition) is 2. The highest BCUT2D eigenvalue weighted by Gasteiger charge is 2.15. The summed E-state index contributed by atoms with van der Waals surface area (Å²) < 4.78 is 5.28. The fraction of sp³-hybridized carbons (Fsp3) is 0.550. The first kappa shape index (κ1) is 19.6. The van der Waals surface area contributed by atoms with Crippen LogP contribution >= 0.6 is 0 Å². The number of rotatable bonds is 8. The monoisotopic (exact) mass is 346 g/mol. The third-order valence-corrected chi connectivity index (χ3v) is 4.32. The van der Waals surface area contributed by atoms with Gasteiger partial charge in [-0.1, -0.05) is 50.3 Å². The molecule has 2 N–H and O–H groups in total. The van der Waals surface area contributed by atoms with E-state index in [4.69, 9.17) is 4.74 Å². The zero-order chi connectivity index (χ0) is 18.1. The number of carbonyl (C=O) groups is 1. The molecule has 2 rings (SSSR count). The Balaban J connectivity index is 1.65. The molecule has 1 heterocycles. The fourth-order valence-electron chi connectivity index (χ4n) is 2.74. The number of aliphatic hydroxyl groups excluding tert-OH is 1. The number of carbonyl (C=O) groups excluding carboxylic acids is 1. The Kier molecular flexibility index (Phi) is 8.12. The smallest absolute Gasteiger partial charge is 0.223 e. The van der Waals surface area contributed by atoms with Gasteiger partial charge in [-0.2, -0.15) is 0 Å². The van der Waals surface area contributed by atoms with E-state index in [9.17, 15) is 9.90 Å². The lowest BCUT2D eigenvalue weighted by molar-refractivity contribution is -0.120. The van der Waals surface area contributed by atoms with Gasteiger partial charge in [0.15, 0.2) is 0 Å². The van der Waals surface area contributed by atoms with Crippen LogP contribution in [-0.2, 0) is 9.53 Å². The van der Waals surface area contributed by atoms with Gasteiger partial charge in [-0.25, -0.2) is 0 Å². The Morgan fingerprint density at radius 3 is 2.60 bits per heavy atom. The summed E-state index contributed by atoms with van der Waals surface area (Å²) in [6.45, 7) is 8.29. The van der Waals surface area contributed by atoms with Crippen molar-refractivity contribution in [2.45, 2.75) is 32.3 Å². The van der Waals surface area contributed by atoms with Crippen LogP contribution in [0.4, 0.5) is 0 Å². The number of ether oxygens (including phenoxy) is 1. The summed E-state index contributed by atoms with van der Waals surface area (Å²) in [4.78, 5) is 14.0. The number of nitrogens with zero attached hydrogens (tertiary/aromatic N) is 1. The molecule has 0 radical (unpaired) electrons. The van der Waals surface area contributed by atoms with Crippen LogP contribution in [-0.4, -0.2) is 61.4 Å². The molecule has 1 amide bonds. The molecule has 0 aliphatic carbocycles. The molecule has 0 bridgehead atoms. The standard InChI is InChI=1S/C20H30N2O3/c1-16(2)18-8-6-17(7-9-18)4-3-5-20(24)21-14-19(23)15-22-10-12-25-13-11-22/h3-4,6-9,16,19,23H,5,10-15H2,1-2H3,(H,21,24)/b4-3+. The van der Waals surface area contributed by atoms with Crippen molar-refractivity contribution in [3.63, 3.8) is 0 Å². The summed E-state index contributed by atoms with van der Waals surface area (Å²) in [6, 6.07) is 8.37. The van der Waals surface area contributed by atoms with E-state index in [1.165, 1.54) is 5.56 Å². The van der Waals surface area contributed by atoms with Gasteiger partial charge in [0.25, 0.3) is 0 Å². The van der Waals surface area contributed by atoms with Crippen molar-refractivity contribution in [1.82, 2.24) is 10.2 Å². The molecule has 1 aromatic carbocycles. The summed E-state index contributed by atoms with van der Waals surface area (Å²) in [5.74, 6) is 0.448. The molecule has 1 saturated heterocycles. The molecule has 0 spiro atoms. The molecular weight excluding hydrogens is 316 g/mol. The number of β-amino-alcohol motifs (C(OH)–C–C–N with tert-alkyl or cyclic N) is 1. The van der Waals surface area contributed by atoms with Gasteiger partial charge in [0.1, 0.15) is 0 Å². The second-order valence-corrected chi connectivity index (χ2v) is 6.80. The van der Waals surface area contributed by atoms with E-state index in [0.717, 1.165) is 18.7 Å². The second kappa shape index (κ2) is 10.3. The molecule has 1 aliphatic rings. The zero-order valence-electron chi connectivity index (χ0n) is 15.3. The lowest BCUT2D eigenvalue weighted by Gasteiger charge is -2.28. The molecule has 138 valence electrons. The topological polar surface area (TPSA) is 61.8 Å². The van der Waals surface area contributed by atoms with Crippen molar-refractivity contribution < 1.29 is 14.6 Å². The normalized spacial score (nSPS) is 17.1. The number of nitrogens with one attached hydrogen (secondary N) is 1. The van der Waals surface area contributed by atoms with Crippen molar-refractivity contribution in [2.75, 3.05) is 39.4 Å². The Labute approximate surface area is 150 Å². The molecular formula is C20H30N2O3. The maximum absolute atomic E-state index is 11.9. The van der Waals surface area contributed by atoms with Crippen LogP contribution in [0.5, 0.6) is 0 Å². The lowest BCUT2D eigenvalue weighted by atomic mass is 10.0. The molecule has 1 fully saturated rings. The molecule has 25 heavy (non-hydrogen) atoms. The van der Waals surface area contributed by atoms with Gasteiger partial charge < -0.3 is 15.2 Å². The molecule has 1 unspecified atom stereocenters. The third-order valence-electron chi connectivity index (χ3n) is 4.32. The van der Waals surface area contributed by atoms with E-state index >= 15 is 0 Å². The van der Waals surface area contributed by atoms with Crippen LogP contribution in [0.1, 0.15) is 37.3 Å². The molecule has 1 aliphatic heterocycles. The Hall–Kier alpha value is -1.69. The van der Waals surface area contributed by atoms with Crippen LogP contribution in [0.15, 0.2) is 30.3 Å². The molecule has 0 saturated carbocycles. The van der Waals surface area contributed by atoms with Gasteiger partial charge in [-0.3, -0.25) is 9.69 Å². The van der Waals surface area contributed by atoms with E-state index in [1.54, 1.807) is 0 Å². The minimum atomic E-state index is -0.547. The summed E-state index contributed by atoms with van der Waals surface area (Å²) in [5, 5.41) is 12.8. The SMILES string of the molecule is CC(C)c1ccc(/C=C/CC(=O)NCC(O)CN2CCOCC2)cc1. The highest BCUT2D eigenvalue weighted by atomic mass is 16.5. The average Bonchev–Trinajstić information content (AvgIpc) is 2.61. The molecule has 1 atom stereocenters. The highest BCUT2D eigenvalue weighted by molar-refractivity contribution is 5.78. The highest BCUT2D eigenvalue weighted by Crippen LogP contribution is 2.15. The van der Waals surface area contributed by atoms with Crippen molar-refractivity contribution >= 4 is 12.0 Å². The van der Waals surface area contributed by atoms with Gasteiger partial charge in [-0.15, -0.1) is 0 Å². The minimum absolute atomic E-state index is 0.0731. The maximum atomic E-state index is 11.9. The van der Waals surface area contributed by atoms with Crippen LogP contribution in [0.25, 0.3) is 6.08 Å². The predicted molar refractivity (Wildman–Crippen MR) is 100 cm³/mol. The van der Waals surface area contributed by atoms with Crippen molar-refractivity contribution in [1.29, 1.82) is 0 Å². The van der Waals surface area contributed by atoms with E-state index in [2.05, 4.69) is 48.3 Å². The first-order valence-electron chi connectivity index (χ1n) is 9.06. The first-order chi connectivity index (χ1) is 12.0. The van der Waals surface area contributed by atoms with Gasteiger partial charge >= 0.3 is 0 Å². The number of benzene rings is 1. The summed E-state index contributed by atoms with van der Waals surface area (Å²) in [7, 11) is 0. The third kappa shape index (κ3) is 7.38. The molecule has 1 aromatic rings. The van der Waals surface area contributed by atoms with Crippen molar-refractivity contribution in [2.24, 2.45) is 0 Å². The van der Waals surface area contributed by atoms with Gasteiger partial charge in [0.05, 0.1) is 19.3 Å². The van der Waals surface area contributed by atoms with E-state index in [-0.39, 0.29) is 12.5 Å². The van der Waals surface area contributed by atoms with Gasteiger partial charge in [0, 0.05) is 32.6 Å². The minimum Gasteiger partial charge on any atom is -0.390 e. The first-order valence-corrected chi connectivity index (χ1v) is 9.06. The number of hydrogen-bond acceptors (Lipinski definition) is 4. The van der Waals surface area contributed by atoms with E-state index < -0.39 is 6.10 Å². The average molecular weight is 346 g/mol. The fourth-order valence-corrected chi connectivity index (χ4v) is 2.74. The Bertz CT molecular complexity index is 549. The van der Waals surface area contributed by atoms with E-state index in [1.807, 2.05) is 12.2 Å². The van der Waals surface area contributed by atoms with E-state index in [0.29, 0.717) is 32.1 Å². The number of aliphatic hydroxyl groups is 1. The molecule has 0 aromatic heterocycles. The van der Waals surface area contributed by atoms with Crippen LogP contribution in [0, 0.1) is 0 Å². The lowest BCUT2D eigenvalue weighted by Crippen LogP contribution is -2.44. The number of amides is 1. The quantitative estimate of drug-likeness (QED) is 0.756. The molecule has 5 nitrogen and oxygen atoms in total. The second-order valence-electron chi connectivity index (χ2n) is 6.80. The maximum Gasteiger partial charge on any atom is 0.223 e. The largest absolute Gasteiger partial charge is 0.390 e. The summed E-state index contributed by atoms with van der Waals surface area (Å²) in [5.41, 5.74) is 2.40. The Morgan fingerprint density at radius 2 is 1.96 bits per heavy atom. The number of morpholine rings is 1. The molecule has 5 heteroatoms. The summed E-state index contributed by atoms with van der Waals surface area (Å²) >= 11 is 0. The van der Waals surface area contributed by atoms with Crippen molar-refractivity contribution in [3.05, 3.63) is 41.5 Å². The predicted octanol–water partition coefficient (Wildman–Crippen LogP) is 2.02. The van der Waals surface area contributed by atoms with Crippen molar-refractivity contribution in [3.8, 4) is 0 Å². The van der Waals surface area contributed by atoms with Gasteiger partial charge in [-0.05, 0) is 17.0 Å². The van der Waals surface area contributed by atoms with Gasteiger partial charge in [0.2, 0.25) is 5.91 Å². The van der Waals surface area contributed by atoms with Crippen LogP contribution in [0.2, 0.25) is 0 Å².